The molecule has 0 saturated heterocycles. The maximum Gasteiger partial charge on any atom is 0.334 e. The van der Waals surface area contributed by atoms with Crippen molar-refractivity contribution in [3.8, 4) is 11.1 Å². The number of hydrogen-bond acceptors (Lipinski definition) is 3. The highest BCUT2D eigenvalue weighted by atomic mass is 16.5. The molecule has 2 aromatic carbocycles. The van der Waals surface area contributed by atoms with Crippen LogP contribution >= 0.6 is 0 Å². The van der Waals surface area contributed by atoms with Crippen LogP contribution in [0.2, 0.25) is 0 Å². The van der Waals surface area contributed by atoms with Gasteiger partial charge in [-0.05, 0) is 59.7 Å². The third kappa shape index (κ3) is 2.42. The zero-order valence-corrected chi connectivity index (χ0v) is 15.8. The van der Waals surface area contributed by atoms with E-state index in [0.717, 1.165) is 12.0 Å². The molecule has 0 radical (unpaired) electrons. The fourth-order valence-corrected chi connectivity index (χ4v) is 4.66. The number of fused-ring (bicyclic) bond motifs is 7. The Hall–Kier alpha value is -2.65. The van der Waals surface area contributed by atoms with E-state index < -0.39 is 0 Å². The molecule has 1 aliphatic heterocycles. The molecule has 1 heterocycles. The minimum Gasteiger partial charge on any atom is -0.466 e. The van der Waals surface area contributed by atoms with Gasteiger partial charge in [0.05, 0.1) is 18.8 Å². The molecule has 2 atom stereocenters. The lowest BCUT2D eigenvalue weighted by Gasteiger charge is -2.41. The second-order valence-electron chi connectivity index (χ2n) is 8.05. The van der Waals surface area contributed by atoms with Gasteiger partial charge in [-0.2, -0.15) is 0 Å². The standard InChI is InChI=1S/C24H22O3/c1-24(2)11-10-18-19(23(25)26-3)13-16-9-8-15-12-14-6-4-5-7-17(14)20(15)21(16)22(18)27-24/h4-11,13,18,22H,12H2,1-3H3. The summed E-state index contributed by atoms with van der Waals surface area (Å²) in [6, 6.07) is 12.9. The number of rotatable bonds is 1. The Balaban J connectivity index is 1.78. The van der Waals surface area contributed by atoms with Crippen LogP contribution < -0.4 is 0 Å². The predicted octanol–water partition coefficient (Wildman–Crippen LogP) is 4.85. The molecule has 3 aliphatic rings. The molecule has 0 fully saturated rings. The molecule has 0 amide bonds. The number of benzene rings is 2. The zero-order chi connectivity index (χ0) is 18.8. The maximum absolute atomic E-state index is 12.4. The summed E-state index contributed by atoms with van der Waals surface area (Å²) >= 11 is 0. The van der Waals surface area contributed by atoms with E-state index in [2.05, 4.69) is 56.3 Å². The molecule has 5 rings (SSSR count). The molecular weight excluding hydrogens is 336 g/mol. The number of hydrogen-bond donors (Lipinski definition) is 0. The van der Waals surface area contributed by atoms with Crippen LogP contribution in [0.15, 0.2) is 54.1 Å². The van der Waals surface area contributed by atoms with Crippen molar-refractivity contribution in [2.45, 2.75) is 32.0 Å². The molecule has 0 bridgehead atoms. The molecule has 2 aliphatic carbocycles. The van der Waals surface area contributed by atoms with E-state index in [0.29, 0.717) is 5.57 Å². The molecule has 2 unspecified atom stereocenters. The van der Waals surface area contributed by atoms with Gasteiger partial charge in [-0.1, -0.05) is 48.6 Å². The quantitative estimate of drug-likeness (QED) is 0.461. The highest BCUT2D eigenvalue weighted by Gasteiger charge is 2.42. The molecule has 27 heavy (non-hydrogen) atoms. The minimum atomic E-state index is -0.377. The van der Waals surface area contributed by atoms with Crippen LogP contribution in [-0.2, 0) is 20.7 Å². The van der Waals surface area contributed by atoms with Gasteiger partial charge >= 0.3 is 5.97 Å². The smallest absolute Gasteiger partial charge is 0.334 e. The first-order valence-electron chi connectivity index (χ1n) is 9.39. The van der Waals surface area contributed by atoms with E-state index in [1.165, 1.54) is 34.9 Å². The Morgan fingerprint density at radius 3 is 2.78 bits per heavy atom. The molecule has 136 valence electrons. The lowest BCUT2D eigenvalue weighted by molar-refractivity contribution is -0.138. The minimum absolute atomic E-state index is 0.128. The third-order valence-electron chi connectivity index (χ3n) is 5.87. The van der Waals surface area contributed by atoms with Gasteiger partial charge in [0.2, 0.25) is 0 Å². The van der Waals surface area contributed by atoms with Gasteiger partial charge in [0.15, 0.2) is 0 Å². The molecule has 3 heteroatoms. The van der Waals surface area contributed by atoms with Crippen molar-refractivity contribution < 1.29 is 14.3 Å². The number of carbonyl (C=O) groups is 1. The van der Waals surface area contributed by atoms with Gasteiger partial charge in [0.25, 0.3) is 0 Å². The van der Waals surface area contributed by atoms with Gasteiger partial charge in [0, 0.05) is 11.5 Å². The van der Waals surface area contributed by atoms with Gasteiger partial charge in [-0.25, -0.2) is 4.79 Å². The van der Waals surface area contributed by atoms with Crippen LogP contribution in [0.3, 0.4) is 0 Å². The van der Waals surface area contributed by atoms with E-state index in [1.807, 2.05) is 12.2 Å². The zero-order valence-electron chi connectivity index (χ0n) is 15.8. The number of ether oxygens (including phenoxy) is 2. The normalized spacial score (nSPS) is 23.6. The van der Waals surface area contributed by atoms with Crippen molar-refractivity contribution in [2.75, 3.05) is 7.11 Å². The monoisotopic (exact) mass is 358 g/mol. The van der Waals surface area contributed by atoms with Gasteiger partial charge < -0.3 is 9.47 Å². The lowest BCUT2D eigenvalue weighted by Crippen LogP contribution is -2.36. The van der Waals surface area contributed by atoms with Gasteiger partial charge in [-0.15, -0.1) is 0 Å². The maximum atomic E-state index is 12.4. The predicted molar refractivity (Wildman–Crippen MR) is 105 cm³/mol. The van der Waals surface area contributed by atoms with Crippen molar-refractivity contribution in [1.29, 1.82) is 0 Å². The van der Waals surface area contributed by atoms with E-state index in [9.17, 15) is 4.79 Å². The van der Waals surface area contributed by atoms with Crippen LogP contribution in [-0.4, -0.2) is 18.7 Å². The summed E-state index contributed by atoms with van der Waals surface area (Å²) in [5.74, 6) is -0.415. The summed E-state index contributed by atoms with van der Waals surface area (Å²) < 4.78 is 11.6. The van der Waals surface area contributed by atoms with E-state index >= 15 is 0 Å². The summed E-state index contributed by atoms with van der Waals surface area (Å²) in [6.07, 6.45) is 6.89. The average Bonchev–Trinajstić information content (AvgIpc) is 3.04. The average molecular weight is 358 g/mol. The van der Waals surface area contributed by atoms with Crippen LogP contribution in [0.1, 0.15) is 42.2 Å². The number of carbonyl (C=O) groups excluding carboxylic acids is 1. The first-order chi connectivity index (χ1) is 13.0. The third-order valence-corrected chi connectivity index (χ3v) is 5.87. The highest BCUT2D eigenvalue weighted by Crippen LogP contribution is 2.51. The van der Waals surface area contributed by atoms with Crippen molar-refractivity contribution >= 4 is 12.0 Å². The summed E-state index contributed by atoms with van der Waals surface area (Å²) in [5, 5.41) is 0. The Labute approximate surface area is 159 Å². The fourth-order valence-electron chi connectivity index (χ4n) is 4.66. The Morgan fingerprint density at radius 1 is 1.15 bits per heavy atom. The molecular formula is C24H22O3. The molecule has 0 aromatic heterocycles. The molecule has 0 spiro atoms. The van der Waals surface area contributed by atoms with Crippen molar-refractivity contribution in [3.63, 3.8) is 0 Å². The van der Waals surface area contributed by atoms with Crippen molar-refractivity contribution in [2.24, 2.45) is 5.92 Å². The Morgan fingerprint density at radius 2 is 1.96 bits per heavy atom. The molecule has 3 nitrogen and oxygen atoms in total. The highest BCUT2D eigenvalue weighted by molar-refractivity contribution is 5.97. The van der Waals surface area contributed by atoms with Crippen molar-refractivity contribution in [1.82, 2.24) is 0 Å². The lowest BCUT2D eigenvalue weighted by atomic mass is 9.75. The number of methoxy groups -OCH3 is 1. The number of esters is 1. The fraction of sp³-hybridized carbons (Fsp3) is 0.292. The van der Waals surface area contributed by atoms with Gasteiger partial charge in [-0.3, -0.25) is 0 Å². The summed E-state index contributed by atoms with van der Waals surface area (Å²) in [4.78, 5) is 12.4. The summed E-state index contributed by atoms with van der Waals surface area (Å²) in [6.45, 7) is 4.12. The Bertz CT molecular complexity index is 1030. The summed E-state index contributed by atoms with van der Waals surface area (Å²) in [5.41, 5.74) is 7.79. The van der Waals surface area contributed by atoms with Crippen LogP contribution in [0.5, 0.6) is 0 Å². The van der Waals surface area contributed by atoms with Crippen LogP contribution in [0, 0.1) is 5.92 Å². The van der Waals surface area contributed by atoms with E-state index in [1.54, 1.807) is 0 Å². The van der Waals surface area contributed by atoms with E-state index in [-0.39, 0.29) is 23.6 Å². The second kappa shape index (κ2) is 5.67. The van der Waals surface area contributed by atoms with Crippen LogP contribution in [0.25, 0.3) is 17.2 Å². The van der Waals surface area contributed by atoms with Gasteiger partial charge in [0.1, 0.15) is 0 Å². The molecule has 0 N–H and O–H groups in total. The van der Waals surface area contributed by atoms with Crippen molar-refractivity contribution in [3.05, 3.63) is 76.4 Å². The largest absolute Gasteiger partial charge is 0.466 e. The SMILES string of the molecule is COC(=O)C1=Cc2ccc3c(c2C2OC(C)(C)C=CC12)-c1ccccc1C3. The summed E-state index contributed by atoms with van der Waals surface area (Å²) in [7, 11) is 1.43. The van der Waals surface area contributed by atoms with Crippen LogP contribution in [0.4, 0.5) is 0 Å². The first kappa shape index (κ1) is 16.5. The Kier molecular flexibility index (Phi) is 3.47. The van der Waals surface area contributed by atoms with E-state index in [4.69, 9.17) is 9.47 Å². The topological polar surface area (TPSA) is 35.5 Å². The molecule has 0 saturated carbocycles. The second-order valence-corrected chi connectivity index (χ2v) is 8.05. The molecule has 2 aromatic rings. The first-order valence-corrected chi connectivity index (χ1v) is 9.39.